The van der Waals surface area contributed by atoms with Gasteiger partial charge >= 0.3 is 11.9 Å². The zero-order valence-electron chi connectivity index (χ0n) is 25.4. The second kappa shape index (κ2) is 13.6. The van der Waals surface area contributed by atoms with E-state index < -0.39 is 58.3 Å². The fourth-order valence-electron chi connectivity index (χ4n) is 5.03. The molecule has 1 fully saturated rings. The molecule has 2 amide bonds. The Kier molecular flexibility index (Phi) is 10.3. The quantitative estimate of drug-likeness (QED) is 0.0984. The minimum Gasteiger partial charge on any atom is -0.459 e. The monoisotopic (exact) mass is 662 g/mol. The third kappa shape index (κ3) is 7.49. The Morgan fingerprint density at radius 1 is 1.24 bits per heavy atom. The van der Waals surface area contributed by atoms with Crippen LogP contribution in [-0.2, 0) is 35.3 Å². The highest BCUT2D eigenvalue weighted by Gasteiger charge is 2.60. The summed E-state index contributed by atoms with van der Waals surface area (Å²) in [6.45, 7) is 8.26. The van der Waals surface area contributed by atoms with Crippen LogP contribution in [-0.4, -0.2) is 79.4 Å². The Balaban J connectivity index is 1.53. The van der Waals surface area contributed by atoms with E-state index in [2.05, 4.69) is 20.0 Å². The summed E-state index contributed by atoms with van der Waals surface area (Å²) in [5, 5.41) is 26.5. The number of aliphatic hydroxyl groups is 1. The highest BCUT2D eigenvalue weighted by Crippen LogP contribution is 2.52. The summed E-state index contributed by atoms with van der Waals surface area (Å²) in [7, 11) is 1.60. The van der Waals surface area contributed by atoms with Gasteiger partial charge in [-0.3, -0.25) is 29.8 Å². The number of nitrogens with zero attached hydrogens (tertiary/aromatic N) is 4. The maximum atomic E-state index is 13.4. The molecule has 5 atom stereocenters. The van der Waals surface area contributed by atoms with E-state index in [0.717, 1.165) is 23.3 Å². The van der Waals surface area contributed by atoms with Crippen LogP contribution in [0.15, 0.2) is 39.2 Å². The van der Waals surface area contributed by atoms with Gasteiger partial charge in [-0.25, -0.2) is 4.79 Å². The Hall–Kier alpha value is -3.93. The van der Waals surface area contributed by atoms with E-state index >= 15 is 0 Å². The first-order valence-corrected chi connectivity index (χ1v) is 15.6. The first-order chi connectivity index (χ1) is 21.1. The second-order valence-corrected chi connectivity index (χ2v) is 13.6. The van der Waals surface area contributed by atoms with Gasteiger partial charge in [0, 0.05) is 29.5 Å². The molecule has 1 aromatic carbocycles. The van der Waals surface area contributed by atoms with Gasteiger partial charge in [0.2, 0.25) is 17.8 Å². The molecule has 242 valence electrons. The minimum atomic E-state index is -1.16. The lowest BCUT2D eigenvalue weighted by Gasteiger charge is -2.46. The Morgan fingerprint density at radius 3 is 2.49 bits per heavy atom. The van der Waals surface area contributed by atoms with Crippen molar-refractivity contribution in [3.05, 3.63) is 50.5 Å². The van der Waals surface area contributed by atoms with E-state index in [9.17, 15) is 34.4 Å². The van der Waals surface area contributed by atoms with Crippen LogP contribution in [0.25, 0.3) is 0 Å². The van der Waals surface area contributed by atoms with Gasteiger partial charge in [0.1, 0.15) is 23.8 Å². The van der Waals surface area contributed by atoms with Crippen molar-refractivity contribution >= 4 is 58.7 Å². The molecule has 3 N–H and O–H groups in total. The number of carbonyl (C=O) groups excluding carboxylic acids is 4. The molecule has 0 radical (unpaired) electrons. The Labute approximate surface area is 267 Å². The topological polar surface area (TPSA) is 203 Å². The van der Waals surface area contributed by atoms with E-state index in [1.54, 1.807) is 27.8 Å². The summed E-state index contributed by atoms with van der Waals surface area (Å²) in [5.74, 6) is -4.85. The number of nitro benzene ring substituents is 1. The Bertz CT molecular complexity index is 1520. The summed E-state index contributed by atoms with van der Waals surface area (Å²) >= 11 is 2.03. The molecule has 15 nitrogen and oxygen atoms in total. The molecule has 17 heteroatoms. The number of carbonyl (C=O) groups is 4. The number of nitrogens with one attached hydrogen (secondary N) is 2. The largest absolute Gasteiger partial charge is 0.459 e. The molecular weight excluding hydrogens is 628 g/mol. The second-order valence-electron chi connectivity index (χ2n) is 11.6. The van der Waals surface area contributed by atoms with Crippen LogP contribution < -0.4 is 10.6 Å². The molecule has 0 spiro atoms. The summed E-state index contributed by atoms with van der Waals surface area (Å²) in [5.41, 5.74) is -0.372. The number of rotatable bonds is 12. The van der Waals surface area contributed by atoms with Crippen molar-refractivity contribution < 1.29 is 38.7 Å². The number of hydrogen-bond acceptors (Lipinski definition) is 14. The fraction of sp³-hybridized carbons (Fsp3) is 0.500. The molecule has 1 unspecified atom stereocenters. The van der Waals surface area contributed by atoms with Crippen molar-refractivity contribution in [2.75, 3.05) is 18.9 Å². The normalized spacial score (nSPS) is 20.6. The van der Waals surface area contributed by atoms with E-state index in [1.807, 2.05) is 6.92 Å². The molecule has 1 aromatic heterocycles. The molecule has 0 bridgehead atoms. The maximum Gasteiger partial charge on any atom is 0.356 e. The molecule has 0 aliphatic carbocycles. The molecule has 2 aliphatic rings. The van der Waals surface area contributed by atoms with E-state index in [1.165, 1.54) is 36.1 Å². The number of esters is 2. The lowest BCUT2D eigenvalue weighted by Crippen LogP contribution is -2.63. The summed E-state index contributed by atoms with van der Waals surface area (Å²) < 4.78 is 15.4. The number of aliphatic hydroxyl groups excluding tert-OH is 1. The van der Waals surface area contributed by atoms with Crippen LogP contribution in [0, 0.1) is 27.9 Å². The summed E-state index contributed by atoms with van der Waals surface area (Å²) in [4.78, 5) is 68.5. The van der Waals surface area contributed by atoms with Crippen molar-refractivity contribution in [1.29, 1.82) is 0 Å². The van der Waals surface area contributed by atoms with Crippen molar-refractivity contribution in [2.45, 2.75) is 63.3 Å². The number of non-ortho nitro benzene ring substituents is 1. The van der Waals surface area contributed by atoms with E-state index in [0.29, 0.717) is 14.8 Å². The molecular formula is C28H34N6O9S2. The van der Waals surface area contributed by atoms with Gasteiger partial charge in [0.15, 0.2) is 4.34 Å². The average molecular weight is 663 g/mol. The number of amides is 2. The molecule has 0 saturated carbocycles. The molecule has 4 rings (SSSR count). The first kappa shape index (κ1) is 34.0. The summed E-state index contributed by atoms with van der Waals surface area (Å²) in [6, 6.07) is 5.04. The van der Waals surface area contributed by atoms with Gasteiger partial charge < -0.3 is 24.8 Å². The van der Waals surface area contributed by atoms with Crippen molar-refractivity contribution in [3.8, 4) is 0 Å². The van der Waals surface area contributed by atoms with Crippen LogP contribution in [0.3, 0.4) is 0 Å². The molecule has 2 aliphatic heterocycles. The summed E-state index contributed by atoms with van der Waals surface area (Å²) in [6.07, 6.45) is -0.943. The number of nitro groups is 1. The number of benzene rings is 1. The maximum absolute atomic E-state index is 13.4. The van der Waals surface area contributed by atoms with Crippen LogP contribution in [0.2, 0.25) is 0 Å². The van der Waals surface area contributed by atoms with Crippen molar-refractivity contribution in [1.82, 2.24) is 19.6 Å². The lowest BCUT2D eigenvalue weighted by atomic mass is 9.79. The van der Waals surface area contributed by atoms with Gasteiger partial charge in [-0.15, -0.1) is 0 Å². The standard InChI is InChI=1S/C28H34N6O9S2/c1-13-19-18(14(2)35)23(37)33(19)20(25(39)42-12-15-7-9-16(10-8-15)34(40)41)21(13)44-27-31-26(32-45-27)30-22(36)17(11-29-6)24(38)43-28(3,4)5/h7-10,13-14,17-19,29,35H,11-12H2,1-6H3,(H,30,32,36)/t13-,14-,17?,18-,19-/m1/s1. The highest BCUT2D eigenvalue weighted by molar-refractivity contribution is 8.04. The molecule has 45 heavy (non-hydrogen) atoms. The number of ether oxygens (including phenoxy) is 2. The molecule has 1 saturated heterocycles. The van der Waals surface area contributed by atoms with E-state index in [4.69, 9.17) is 9.47 Å². The van der Waals surface area contributed by atoms with Crippen LogP contribution in [0.4, 0.5) is 11.6 Å². The van der Waals surface area contributed by atoms with Crippen molar-refractivity contribution in [3.63, 3.8) is 0 Å². The number of hydrogen-bond donors (Lipinski definition) is 3. The SMILES string of the molecule is CNCC(C(=O)Nc1nsc(SC2=C(C(=O)OCc3ccc([N+](=O)[O-])cc3)N3C(=O)[C@H]([C@@H](C)O)[C@H]3[C@H]2C)n1)C(=O)OC(C)(C)C. The number of anilines is 1. The van der Waals surface area contributed by atoms with Gasteiger partial charge in [-0.1, -0.05) is 18.7 Å². The number of β-lactam (4-membered cyclic amide) rings is 1. The predicted molar refractivity (Wildman–Crippen MR) is 163 cm³/mol. The average Bonchev–Trinajstić information content (AvgIpc) is 3.49. The number of aromatic nitrogens is 2. The van der Waals surface area contributed by atoms with Gasteiger partial charge in [-0.2, -0.15) is 9.36 Å². The molecule has 3 heterocycles. The zero-order valence-corrected chi connectivity index (χ0v) is 27.1. The zero-order chi connectivity index (χ0) is 33.2. The van der Waals surface area contributed by atoms with Crippen molar-refractivity contribution in [2.24, 2.45) is 17.8 Å². The van der Waals surface area contributed by atoms with Gasteiger partial charge in [-0.05, 0) is 64.0 Å². The third-order valence-corrected chi connectivity index (χ3v) is 9.11. The minimum absolute atomic E-state index is 0.0149. The smallest absolute Gasteiger partial charge is 0.356 e. The van der Waals surface area contributed by atoms with Crippen LogP contribution in [0.5, 0.6) is 0 Å². The number of thioether (sulfide) groups is 1. The lowest BCUT2D eigenvalue weighted by molar-refractivity contribution is -0.384. The number of fused-ring (bicyclic) bond motifs is 1. The third-order valence-electron chi connectivity index (χ3n) is 7.07. The van der Waals surface area contributed by atoms with Crippen LogP contribution in [0.1, 0.15) is 40.2 Å². The Morgan fingerprint density at radius 2 is 1.91 bits per heavy atom. The van der Waals surface area contributed by atoms with E-state index in [-0.39, 0.29) is 36.4 Å². The van der Waals surface area contributed by atoms with Gasteiger partial charge in [0.05, 0.1) is 23.0 Å². The molecule has 2 aromatic rings. The van der Waals surface area contributed by atoms with Gasteiger partial charge in [0.25, 0.3) is 5.69 Å². The predicted octanol–water partition coefficient (Wildman–Crippen LogP) is 2.47. The fourth-order valence-corrected chi connectivity index (χ4v) is 6.86. The van der Waals surface area contributed by atoms with Crippen LogP contribution >= 0.6 is 23.3 Å². The highest BCUT2D eigenvalue weighted by atomic mass is 32.2. The first-order valence-electron chi connectivity index (χ1n) is 14.0.